The molecular formula is C33H40F4O. The molecule has 1 fully saturated rings. The van der Waals surface area contributed by atoms with Crippen LogP contribution in [-0.4, -0.2) is 6.61 Å². The number of benzene rings is 3. The fourth-order valence-electron chi connectivity index (χ4n) is 5.94. The van der Waals surface area contributed by atoms with Crippen molar-refractivity contribution in [3.8, 4) is 5.75 Å². The Balaban J connectivity index is 1.28. The molecule has 0 aliphatic heterocycles. The summed E-state index contributed by atoms with van der Waals surface area (Å²) in [6.45, 7) is -0.810. The van der Waals surface area contributed by atoms with Gasteiger partial charge < -0.3 is 4.74 Å². The highest BCUT2D eigenvalue weighted by molar-refractivity contribution is 5.84. The Morgan fingerprint density at radius 2 is 1.47 bits per heavy atom. The number of fused-ring (bicyclic) bond motifs is 1. The van der Waals surface area contributed by atoms with Gasteiger partial charge in [0, 0.05) is 5.39 Å². The highest BCUT2D eigenvalue weighted by Gasteiger charge is 2.21. The second-order valence-electron chi connectivity index (χ2n) is 11.0. The fraction of sp³-hybridized carbons (Fsp3) is 0.515. The molecule has 1 nitrogen and oxygen atoms in total. The van der Waals surface area contributed by atoms with Crippen molar-refractivity contribution in [1.29, 1.82) is 0 Å². The first-order valence-corrected chi connectivity index (χ1v) is 14.4. The lowest BCUT2D eigenvalue weighted by Crippen LogP contribution is -2.15. The summed E-state index contributed by atoms with van der Waals surface area (Å²) in [6.07, 6.45) is 15.3. The zero-order valence-corrected chi connectivity index (χ0v) is 22.5. The number of halogens is 4. The average molecular weight is 529 g/mol. The molecule has 0 radical (unpaired) electrons. The Kier molecular flexibility index (Phi) is 10.5. The number of unbranched alkanes of at least 4 members (excludes halogenated alkanes) is 3. The number of rotatable bonds is 13. The van der Waals surface area contributed by atoms with E-state index in [0.717, 1.165) is 23.6 Å². The first-order chi connectivity index (χ1) is 18.4. The van der Waals surface area contributed by atoms with Crippen LogP contribution in [0.3, 0.4) is 0 Å². The van der Waals surface area contributed by atoms with Crippen molar-refractivity contribution in [3.63, 3.8) is 0 Å². The summed E-state index contributed by atoms with van der Waals surface area (Å²) in [4.78, 5) is 0. The van der Waals surface area contributed by atoms with E-state index in [1.54, 1.807) is 6.07 Å². The van der Waals surface area contributed by atoms with Crippen LogP contribution in [0, 0.1) is 23.5 Å². The number of aryl methyl sites for hydroxylation is 3. The summed E-state index contributed by atoms with van der Waals surface area (Å²) in [5, 5.41) is 1.50. The average Bonchev–Trinajstić information content (AvgIpc) is 2.91. The number of alkyl halides is 2. The van der Waals surface area contributed by atoms with E-state index in [0.29, 0.717) is 29.4 Å². The topological polar surface area (TPSA) is 9.23 Å². The lowest BCUT2D eigenvalue weighted by Gasteiger charge is -2.28. The molecule has 3 aromatic carbocycles. The molecule has 0 N–H and O–H groups in total. The standard InChI is InChI=1S/C33H40F4O/c1-2-3-4-5-6-23-7-9-24(10-8-23)11-12-25-14-19-29-28(21-25)18-17-27(32(29)35)16-13-26-15-20-31(30(34)22-26)38-33(36)37/h14-15,17-24,33H,2-13,16H2,1H3. The normalized spacial score (nSPS) is 17.8. The Labute approximate surface area is 224 Å². The summed E-state index contributed by atoms with van der Waals surface area (Å²) < 4.78 is 58.1. The highest BCUT2D eigenvalue weighted by atomic mass is 19.3. The monoisotopic (exact) mass is 528 g/mol. The van der Waals surface area contributed by atoms with Crippen molar-refractivity contribution in [1.82, 2.24) is 0 Å². The molecule has 5 heteroatoms. The van der Waals surface area contributed by atoms with Gasteiger partial charge in [0.15, 0.2) is 11.6 Å². The molecule has 3 aromatic rings. The summed E-state index contributed by atoms with van der Waals surface area (Å²) in [7, 11) is 0. The molecule has 0 bridgehead atoms. The SMILES string of the molecule is CCCCCCC1CCC(CCc2ccc3c(F)c(CCc4ccc(OC(F)F)c(F)c4)ccc3c2)CC1. The Bertz CT molecular complexity index is 1170. The number of hydrogen-bond donors (Lipinski definition) is 0. The van der Waals surface area contributed by atoms with Crippen LogP contribution in [0.2, 0.25) is 0 Å². The maximum atomic E-state index is 15.3. The smallest absolute Gasteiger partial charge is 0.387 e. The summed E-state index contributed by atoms with van der Waals surface area (Å²) in [5.74, 6) is 0.160. The molecule has 1 saturated carbocycles. The molecule has 0 spiro atoms. The highest BCUT2D eigenvalue weighted by Crippen LogP contribution is 2.35. The minimum atomic E-state index is -3.08. The van der Waals surface area contributed by atoms with E-state index in [1.807, 2.05) is 18.2 Å². The lowest BCUT2D eigenvalue weighted by molar-refractivity contribution is -0.0522. The Hall–Kier alpha value is -2.56. The second-order valence-corrected chi connectivity index (χ2v) is 11.0. The number of ether oxygens (including phenoxy) is 1. The van der Waals surface area contributed by atoms with Crippen molar-refractivity contribution in [2.75, 3.05) is 0 Å². The van der Waals surface area contributed by atoms with Crippen molar-refractivity contribution in [3.05, 3.63) is 76.9 Å². The van der Waals surface area contributed by atoms with E-state index >= 15 is 4.39 Å². The van der Waals surface area contributed by atoms with Crippen LogP contribution in [0.25, 0.3) is 10.8 Å². The zero-order valence-electron chi connectivity index (χ0n) is 22.5. The van der Waals surface area contributed by atoms with Gasteiger partial charge in [-0.25, -0.2) is 8.78 Å². The van der Waals surface area contributed by atoms with Crippen LogP contribution < -0.4 is 4.74 Å². The zero-order chi connectivity index (χ0) is 26.9. The minimum Gasteiger partial charge on any atom is -0.432 e. The van der Waals surface area contributed by atoms with Gasteiger partial charge in [0.2, 0.25) is 0 Å². The molecule has 1 aliphatic carbocycles. The van der Waals surface area contributed by atoms with Gasteiger partial charge in [-0.2, -0.15) is 8.78 Å². The fourth-order valence-corrected chi connectivity index (χ4v) is 5.94. The van der Waals surface area contributed by atoms with Gasteiger partial charge in [0.1, 0.15) is 5.82 Å². The van der Waals surface area contributed by atoms with E-state index in [1.165, 1.54) is 88.0 Å². The van der Waals surface area contributed by atoms with Crippen molar-refractivity contribution >= 4 is 10.8 Å². The Morgan fingerprint density at radius 1 is 0.763 bits per heavy atom. The van der Waals surface area contributed by atoms with Crippen LogP contribution in [0.1, 0.15) is 87.8 Å². The summed E-state index contributed by atoms with van der Waals surface area (Å²) in [6, 6.07) is 13.7. The molecule has 38 heavy (non-hydrogen) atoms. The molecule has 0 atom stereocenters. The second kappa shape index (κ2) is 14.0. The lowest BCUT2D eigenvalue weighted by atomic mass is 9.77. The van der Waals surface area contributed by atoms with Gasteiger partial charge in [-0.3, -0.25) is 0 Å². The third-order valence-corrected chi connectivity index (χ3v) is 8.27. The first kappa shape index (κ1) is 28.4. The maximum Gasteiger partial charge on any atom is 0.387 e. The number of hydrogen-bond acceptors (Lipinski definition) is 1. The first-order valence-electron chi connectivity index (χ1n) is 14.4. The van der Waals surface area contributed by atoms with Gasteiger partial charge in [-0.1, -0.05) is 101 Å². The molecule has 0 aromatic heterocycles. The maximum absolute atomic E-state index is 15.3. The van der Waals surface area contributed by atoms with Crippen molar-refractivity contribution < 1.29 is 22.3 Å². The van der Waals surface area contributed by atoms with E-state index in [4.69, 9.17) is 0 Å². The van der Waals surface area contributed by atoms with Crippen LogP contribution in [-0.2, 0) is 19.3 Å². The molecule has 0 amide bonds. The predicted octanol–water partition coefficient (Wildman–Crippen LogP) is 10.2. The molecule has 0 saturated heterocycles. The summed E-state index contributed by atoms with van der Waals surface area (Å²) >= 11 is 0. The van der Waals surface area contributed by atoms with Gasteiger partial charge >= 0.3 is 6.61 Å². The van der Waals surface area contributed by atoms with Crippen LogP contribution in [0.5, 0.6) is 5.75 Å². The van der Waals surface area contributed by atoms with Crippen LogP contribution in [0.4, 0.5) is 17.6 Å². The van der Waals surface area contributed by atoms with E-state index < -0.39 is 18.2 Å². The van der Waals surface area contributed by atoms with Crippen LogP contribution in [0.15, 0.2) is 48.5 Å². The third kappa shape index (κ3) is 7.97. The predicted molar refractivity (Wildman–Crippen MR) is 147 cm³/mol. The quantitative estimate of drug-likeness (QED) is 0.158. The van der Waals surface area contributed by atoms with Gasteiger partial charge in [-0.15, -0.1) is 0 Å². The molecule has 0 heterocycles. The largest absolute Gasteiger partial charge is 0.432 e. The molecule has 4 rings (SSSR count). The molecular weight excluding hydrogens is 488 g/mol. The Morgan fingerprint density at radius 3 is 2.18 bits per heavy atom. The van der Waals surface area contributed by atoms with E-state index in [-0.39, 0.29) is 5.82 Å². The van der Waals surface area contributed by atoms with Gasteiger partial charge in [-0.05, 0) is 71.7 Å². The van der Waals surface area contributed by atoms with Crippen molar-refractivity contribution in [2.45, 2.75) is 97.0 Å². The van der Waals surface area contributed by atoms with Gasteiger partial charge in [0.25, 0.3) is 0 Å². The van der Waals surface area contributed by atoms with E-state index in [9.17, 15) is 13.2 Å². The third-order valence-electron chi connectivity index (χ3n) is 8.27. The minimum absolute atomic E-state index is 0.246. The summed E-state index contributed by atoms with van der Waals surface area (Å²) in [5.41, 5.74) is 2.42. The van der Waals surface area contributed by atoms with E-state index in [2.05, 4.69) is 17.7 Å². The van der Waals surface area contributed by atoms with Crippen molar-refractivity contribution in [2.24, 2.45) is 11.8 Å². The van der Waals surface area contributed by atoms with Gasteiger partial charge in [0.05, 0.1) is 0 Å². The van der Waals surface area contributed by atoms with Crippen LogP contribution >= 0.6 is 0 Å². The molecule has 0 unspecified atom stereocenters. The molecule has 1 aliphatic rings. The molecule has 206 valence electrons.